The molecule has 2 unspecified atom stereocenters. The minimum absolute atomic E-state index is 0.204. The van der Waals surface area contributed by atoms with Crippen LogP contribution in [0.25, 0.3) is 0 Å². The van der Waals surface area contributed by atoms with Crippen LogP contribution in [0.4, 0.5) is 5.95 Å². The lowest BCUT2D eigenvalue weighted by Gasteiger charge is -2.39. The molecule has 3 aliphatic rings. The molecule has 0 aromatic carbocycles. The molecule has 2 saturated heterocycles. The maximum Gasteiger partial charge on any atom is 0.225 e. The predicted octanol–water partition coefficient (Wildman–Crippen LogP) is 3.37. The summed E-state index contributed by atoms with van der Waals surface area (Å²) in [4.78, 5) is 26.4. The topological polar surface area (TPSA) is 52.6 Å². The lowest BCUT2D eigenvalue weighted by Crippen LogP contribution is -2.53. The van der Waals surface area contributed by atoms with Crippen molar-refractivity contribution in [2.75, 3.05) is 32.1 Å². The fraction of sp³-hybridized carbons (Fsp3) is 0.783. The third kappa shape index (κ3) is 5.98. The highest BCUT2D eigenvalue weighted by Crippen LogP contribution is 2.32. The Labute approximate surface area is 176 Å². The summed E-state index contributed by atoms with van der Waals surface area (Å²) < 4.78 is 0. The highest BCUT2D eigenvalue weighted by Gasteiger charge is 2.40. The number of carbonyl (C=O) groups is 1. The molecule has 1 aromatic rings. The van der Waals surface area contributed by atoms with Gasteiger partial charge in [0.1, 0.15) is 6.29 Å². The summed E-state index contributed by atoms with van der Waals surface area (Å²) in [7, 11) is 4.48. The Morgan fingerprint density at radius 3 is 2.14 bits per heavy atom. The SMILES string of the molecule is CC(C)C=O.CN1CC2CCC(C1)N2c1ncc(CN(C)C2CCCCC2)cn1. The number of rotatable bonds is 5. The standard InChI is InChI=1S/C19H31N5.C4H8O/c1-22-13-17-8-9-18(14-22)24(17)19-20-10-15(11-21-19)12-23(2)16-6-4-3-5-7-16;1-4(2)3-5/h10-11,16-18H,3-9,12-14H2,1-2H3;3-4H,1-2H3. The zero-order valence-electron chi connectivity index (χ0n) is 18.8. The zero-order valence-corrected chi connectivity index (χ0v) is 18.8. The van der Waals surface area contributed by atoms with E-state index in [0.29, 0.717) is 12.1 Å². The van der Waals surface area contributed by atoms with Crippen molar-refractivity contribution in [3.8, 4) is 0 Å². The zero-order chi connectivity index (χ0) is 20.8. The van der Waals surface area contributed by atoms with Crippen LogP contribution in [0.2, 0.25) is 0 Å². The summed E-state index contributed by atoms with van der Waals surface area (Å²) in [6.45, 7) is 6.97. The van der Waals surface area contributed by atoms with Gasteiger partial charge >= 0.3 is 0 Å². The van der Waals surface area contributed by atoms with Gasteiger partial charge in [0.25, 0.3) is 0 Å². The maximum atomic E-state index is 9.50. The normalized spacial score (nSPS) is 25.2. The van der Waals surface area contributed by atoms with E-state index in [4.69, 9.17) is 9.97 Å². The number of hydrogen-bond acceptors (Lipinski definition) is 6. The van der Waals surface area contributed by atoms with E-state index in [1.54, 1.807) is 0 Å². The number of nitrogens with zero attached hydrogens (tertiary/aromatic N) is 5. The van der Waals surface area contributed by atoms with Gasteiger partial charge in [0.15, 0.2) is 0 Å². The number of likely N-dealkylation sites (tertiary alicyclic amines) is 1. The number of aldehydes is 1. The smallest absolute Gasteiger partial charge is 0.225 e. The largest absolute Gasteiger partial charge is 0.332 e. The van der Waals surface area contributed by atoms with E-state index in [2.05, 4.69) is 41.2 Å². The molecule has 2 aliphatic heterocycles. The first-order valence-electron chi connectivity index (χ1n) is 11.4. The Hall–Kier alpha value is -1.53. The van der Waals surface area contributed by atoms with E-state index in [1.807, 2.05) is 13.8 Å². The van der Waals surface area contributed by atoms with Crippen LogP contribution in [0.3, 0.4) is 0 Å². The Bertz CT molecular complexity index is 615. The third-order valence-electron chi connectivity index (χ3n) is 6.49. The molecular formula is C23H39N5O. The molecule has 162 valence electrons. The third-order valence-corrected chi connectivity index (χ3v) is 6.49. The van der Waals surface area contributed by atoms with Crippen molar-refractivity contribution in [2.24, 2.45) is 5.92 Å². The molecule has 3 fully saturated rings. The number of anilines is 1. The van der Waals surface area contributed by atoms with Crippen LogP contribution >= 0.6 is 0 Å². The van der Waals surface area contributed by atoms with Crippen molar-refractivity contribution in [1.82, 2.24) is 19.8 Å². The molecule has 6 heteroatoms. The molecule has 0 amide bonds. The van der Waals surface area contributed by atoms with Gasteiger partial charge in [-0.1, -0.05) is 33.1 Å². The van der Waals surface area contributed by atoms with E-state index in [0.717, 1.165) is 37.9 Å². The van der Waals surface area contributed by atoms with Crippen molar-refractivity contribution in [2.45, 2.75) is 83.5 Å². The molecular weight excluding hydrogens is 362 g/mol. The van der Waals surface area contributed by atoms with Crippen LogP contribution in [0, 0.1) is 5.92 Å². The van der Waals surface area contributed by atoms with Gasteiger partial charge in [0.05, 0.1) is 0 Å². The van der Waals surface area contributed by atoms with Crippen LogP contribution in [0.1, 0.15) is 64.4 Å². The van der Waals surface area contributed by atoms with Gasteiger partial charge in [-0.3, -0.25) is 4.90 Å². The maximum absolute atomic E-state index is 9.50. The first-order valence-corrected chi connectivity index (χ1v) is 11.4. The lowest BCUT2D eigenvalue weighted by atomic mass is 9.94. The first-order chi connectivity index (χ1) is 14.0. The number of aromatic nitrogens is 2. The summed E-state index contributed by atoms with van der Waals surface area (Å²) >= 11 is 0. The van der Waals surface area contributed by atoms with Gasteiger partial charge in [-0.05, 0) is 39.8 Å². The van der Waals surface area contributed by atoms with Crippen molar-refractivity contribution in [3.63, 3.8) is 0 Å². The highest BCUT2D eigenvalue weighted by atomic mass is 16.1. The van der Waals surface area contributed by atoms with Crippen LogP contribution in [0.5, 0.6) is 0 Å². The molecule has 6 nitrogen and oxygen atoms in total. The van der Waals surface area contributed by atoms with Crippen molar-refractivity contribution in [1.29, 1.82) is 0 Å². The van der Waals surface area contributed by atoms with E-state index in [1.165, 1.54) is 50.5 Å². The Balaban J connectivity index is 0.000000431. The van der Waals surface area contributed by atoms with E-state index in [-0.39, 0.29) is 5.92 Å². The number of piperazine rings is 1. The Kier molecular flexibility index (Phi) is 8.01. The predicted molar refractivity (Wildman–Crippen MR) is 118 cm³/mol. The number of fused-ring (bicyclic) bond motifs is 2. The molecule has 3 heterocycles. The molecule has 0 N–H and O–H groups in total. The van der Waals surface area contributed by atoms with Gasteiger partial charge in [-0.2, -0.15) is 0 Å². The monoisotopic (exact) mass is 401 g/mol. The summed E-state index contributed by atoms with van der Waals surface area (Å²) in [5, 5.41) is 0. The fourth-order valence-corrected chi connectivity index (χ4v) is 4.94. The van der Waals surface area contributed by atoms with Crippen LogP contribution < -0.4 is 4.90 Å². The molecule has 1 aromatic heterocycles. The quantitative estimate of drug-likeness (QED) is 0.705. The molecule has 2 atom stereocenters. The van der Waals surface area contributed by atoms with Crippen molar-refractivity contribution >= 4 is 12.2 Å². The number of carbonyl (C=O) groups excluding carboxylic acids is 1. The van der Waals surface area contributed by atoms with Gasteiger partial charge in [-0.25, -0.2) is 9.97 Å². The minimum atomic E-state index is 0.204. The number of likely N-dealkylation sites (N-methyl/N-ethyl adjacent to an activating group) is 1. The average molecular weight is 402 g/mol. The van der Waals surface area contributed by atoms with Gasteiger partial charge in [-0.15, -0.1) is 0 Å². The highest BCUT2D eigenvalue weighted by molar-refractivity contribution is 5.51. The minimum Gasteiger partial charge on any atom is -0.332 e. The van der Waals surface area contributed by atoms with Crippen molar-refractivity contribution in [3.05, 3.63) is 18.0 Å². The molecule has 1 saturated carbocycles. The van der Waals surface area contributed by atoms with Crippen molar-refractivity contribution < 1.29 is 4.79 Å². The summed E-state index contributed by atoms with van der Waals surface area (Å²) in [6.07, 6.45) is 14.5. The van der Waals surface area contributed by atoms with E-state index >= 15 is 0 Å². The molecule has 4 rings (SSSR count). The lowest BCUT2D eigenvalue weighted by molar-refractivity contribution is -0.110. The number of hydrogen-bond donors (Lipinski definition) is 0. The second-order valence-electron chi connectivity index (χ2n) is 9.49. The molecule has 29 heavy (non-hydrogen) atoms. The first kappa shape index (κ1) is 22.2. The molecule has 0 spiro atoms. The van der Waals surface area contributed by atoms with E-state index in [9.17, 15) is 4.79 Å². The van der Waals surface area contributed by atoms with Gasteiger partial charge < -0.3 is 14.6 Å². The van der Waals surface area contributed by atoms with Gasteiger partial charge in [0.2, 0.25) is 5.95 Å². The fourth-order valence-electron chi connectivity index (χ4n) is 4.94. The molecule has 2 bridgehead atoms. The Morgan fingerprint density at radius 1 is 1.07 bits per heavy atom. The second kappa shape index (κ2) is 10.5. The van der Waals surface area contributed by atoms with Gasteiger partial charge in [0, 0.05) is 61.6 Å². The molecule has 1 aliphatic carbocycles. The van der Waals surface area contributed by atoms with Crippen LogP contribution in [0.15, 0.2) is 12.4 Å². The van der Waals surface area contributed by atoms with Crippen LogP contribution in [-0.2, 0) is 11.3 Å². The van der Waals surface area contributed by atoms with Crippen LogP contribution in [-0.4, -0.2) is 71.4 Å². The summed E-state index contributed by atoms with van der Waals surface area (Å²) in [5.41, 5.74) is 1.24. The summed E-state index contributed by atoms with van der Waals surface area (Å²) in [5.74, 6) is 1.15. The molecule has 0 radical (unpaired) electrons. The Morgan fingerprint density at radius 2 is 1.62 bits per heavy atom. The average Bonchev–Trinajstić information content (AvgIpc) is 3.00. The summed E-state index contributed by atoms with van der Waals surface area (Å²) in [6, 6.07) is 1.95. The van der Waals surface area contributed by atoms with E-state index < -0.39 is 0 Å². The second-order valence-corrected chi connectivity index (χ2v) is 9.49.